The highest BCUT2D eigenvalue weighted by Crippen LogP contribution is 2.34. The molecule has 0 spiro atoms. The van der Waals surface area contributed by atoms with E-state index >= 15 is 0 Å². The average Bonchev–Trinajstić information content (AvgIpc) is 2.93. The van der Waals surface area contributed by atoms with Gasteiger partial charge in [-0.3, -0.25) is 14.8 Å². The second-order valence-corrected chi connectivity index (χ2v) is 8.96. The van der Waals surface area contributed by atoms with Gasteiger partial charge in [0.1, 0.15) is 5.52 Å². The van der Waals surface area contributed by atoms with Crippen LogP contribution in [0.25, 0.3) is 45.2 Å². The zero-order chi connectivity index (χ0) is 24.5. The summed E-state index contributed by atoms with van der Waals surface area (Å²) in [5, 5.41) is 2.93. The number of fused-ring (bicyclic) bond motifs is 2. The summed E-state index contributed by atoms with van der Waals surface area (Å²) in [7, 11) is 0. The molecule has 36 heavy (non-hydrogen) atoms. The number of benzene rings is 3. The Labute approximate surface area is 208 Å². The largest absolute Gasteiger partial charge is 0.324 e. The van der Waals surface area contributed by atoms with Gasteiger partial charge in [0.15, 0.2) is 17.5 Å². The van der Waals surface area contributed by atoms with Crippen LogP contribution in [0, 0.1) is 0 Å². The number of hydrogen-bond donors (Lipinski definition) is 1. The first kappa shape index (κ1) is 22.0. The SMILES string of the molecule is CC(=O)Nc1c(-c2nc(-c3ccccc3)nc(-c3ccc4c(c3)CCCC4)n2)ccc2nccnc12. The molecular formula is C29H24N6O. The van der Waals surface area contributed by atoms with E-state index in [0.29, 0.717) is 39.8 Å². The third-order valence-electron chi connectivity index (χ3n) is 6.46. The van der Waals surface area contributed by atoms with Crippen molar-refractivity contribution in [2.75, 3.05) is 5.32 Å². The van der Waals surface area contributed by atoms with Gasteiger partial charge in [0, 0.05) is 36.0 Å². The molecule has 3 aromatic carbocycles. The predicted octanol–water partition coefficient (Wildman–Crippen LogP) is 5.65. The lowest BCUT2D eigenvalue weighted by Gasteiger charge is -2.17. The van der Waals surface area contributed by atoms with Gasteiger partial charge in [-0.2, -0.15) is 0 Å². The van der Waals surface area contributed by atoms with E-state index in [1.54, 1.807) is 12.4 Å². The summed E-state index contributed by atoms with van der Waals surface area (Å²) in [4.78, 5) is 35.6. The van der Waals surface area contributed by atoms with E-state index in [1.807, 2.05) is 42.5 Å². The van der Waals surface area contributed by atoms with Crippen LogP contribution in [0.15, 0.2) is 73.1 Å². The lowest BCUT2D eigenvalue weighted by atomic mass is 9.90. The molecule has 1 aliphatic rings. The zero-order valence-corrected chi connectivity index (χ0v) is 19.9. The Kier molecular flexibility index (Phi) is 5.65. The second kappa shape index (κ2) is 9.26. The fraction of sp³-hybridized carbons (Fsp3) is 0.172. The minimum absolute atomic E-state index is 0.207. The molecule has 0 aliphatic heterocycles. The molecular weight excluding hydrogens is 448 g/mol. The topological polar surface area (TPSA) is 93.6 Å². The highest BCUT2D eigenvalue weighted by molar-refractivity contribution is 6.04. The van der Waals surface area contributed by atoms with Crippen molar-refractivity contribution in [3.63, 3.8) is 0 Å². The van der Waals surface area contributed by atoms with Gasteiger partial charge < -0.3 is 5.32 Å². The van der Waals surface area contributed by atoms with Gasteiger partial charge in [-0.25, -0.2) is 15.0 Å². The van der Waals surface area contributed by atoms with Crippen LogP contribution >= 0.6 is 0 Å². The number of nitrogens with zero attached hydrogens (tertiary/aromatic N) is 5. The van der Waals surface area contributed by atoms with Crippen molar-refractivity contribution in [1.29, 1.82) is 0 Å². The first-order valence-electron chi connectivity index (χ1n) is 12.1. The summed E-state index contributed by atoms with van der Waals surface area (Å²) in [5.41, 5.74) is 7.08. The standard InChI is InChI=1S/C29H24N6O/c1-18(36)32-25-23(13-14-24-26(25)31-16-15-30-24)29-34-27(20-8-3-2-4-9-20)33-28(35-29)22-12-11-19-7-5-6-10-21(19)17-22/h2-4,8-9,11-17H,5-7,10H2,1H3,(H,32,36). The summed E-state index contributed by atoms with van der Waals surface area (Å²) < 4.78 is 0. The van der Waals surface area contributed by atoms with Gasteiger partial charge in [-0.15, -0.1) is 0 Å². The second-order valence-electron chi connectivity index (χ2n) is 8.96. The van der Waals surface area contributed by atoms with Crippen molar-refractivity contribution >= 4 is 22.6 Å². The molecule has 2 aromatic heterocycles. The van der Waals surface area contributed by atoms with E-state index in [0.717, 1.165) is 24.0 Å². The Balaban J connectivity index is 1.58. The summed E-state index contributed by atoms with van der Waals surface area (Å²) in [6.45, 7) is 1.47. The molecule has 0 radical (unpaired) electrons. The minimum atomic E-state index is -0.207. The maximum absolute atomic E-state index is 12.1. The number of aryl methyl sites for hydroxylation is 2. The molecule has 0 atom stereocenters. The van der Waals surface area contributed by atoms with Gasteiger partial charge in [0.25, 0.3) is 0 Å². The number of amides is 1. The van der Waals surface area contributed by atoms with Crippen LogP contribution in [-0.2, 0) is 17.6 Å². The van der Waals surface area contributed by atoms with Crippen LogP contribution in [0.1, 0.15) is 30.9 Å². The summed E-state index contributed by atoms with van der Waals surface area (Å²) in [6.07, 6.45) is 7.86. The van der Waals surface area contributed by atoms with Crippen molar-refractivity contribution < 1.29 is 4.79 Å². The van der Waals surface area contributed by atoms with Gasteiger partial charge in [0.05, 0.1) is 11.2 Å². The van der Waals surface area contributed by atoms with Crippen LogP contribution in [0.5, 0.6) is 0 Å². The fourth-order valence-electron chi connectivity index (χ4n) is 4.74. The average molecular weight is 473 g/mol. The maximum Gasteiger partial charge on any atom is 0.221 e. The maximum atomic E-state index is 12.1. The molecule has 176 valence electrons. The highest BCUT2D eigenvalue weighted by Gasteiger charge is 2.19. The molecule has 2 heterocycles. The molecule has 6 rings (SSSR count). The van der Waals surface area contributed by atoms with Crippen LogP contribution in [0.3, 0.4) is 0 Å². The zero-order valence-electron chi connectivity index (χ0n) is 19.9. The fourth-order valence-corrected chi connectivity index (χ4v) is 4.74. The third-order valence-corrected chi connectivity index (χ3v) is 6.46. The number of carbonyl (C=O) groups excluding carboxylic acids is 1. The molecule has 7 heteroatoms. The molecule has 0 unspecified atom stereocenters. The van der Waals surface area contributed by atoms with E-state index in [1.165, 1.54) is 30.9 Å². The number of aromatic nitrogens is 5. The van der Waals surface area contributed by atoms with Crippen molar-refractivity contribution in [3.8, 4) is 34.2 Å². The highest BCUT2D eigenvalue weighted by atomic mass is 16.1. The summed E-state index contributed by atoms with van der Waals surface area (Å²) in [6, 6.07) is 20.1. The molecule has 1 N–H and O–H groups in total. The van der Waals surface area contributed by atoms with Gasteiger partial charge in [-0.1, -0.05) is 42.5 Å². The quantitative estimate of drug-likeness (QED) is 0.363. The van der Waals surface area contributed by atoms with E-state index < -0.39 is 0 Å². The van der Waals surface area contributed by atoms with Crippen LogP contribution in [-0.4, -0.2) is 30.8 Å². The number of carbonyl (C=O) groups is 1. The lowest BCUT2D eigenvalue weighted by Crippen LogP contribution is -2.10. The van der Waals surface area contributed by atoms with Crippen LogP contribution in [0.4, 0.5) is 5.69 Å². The smallest absolute Gasteiger partial charge is 0.221 e. The number of rotatable bonds is 4. The molecule has 0 saturated heterocycles. The molecule has 0 fully saturated rings. The van der Waals surface area contributed by atoms with Crippen LogP contribution in [0.2, 0.25) is 0 Å². The first-order chi connectivity index (χ1) is 17.7. The van der Waals surface area contributed by atoms with E-state index in [2.05, 4.69) is 33.5 Å². The lowest BCUT2D eigenvalue weighted by molar-refractivity contribution is -0.114. The van der Waals surface area contributed by atoms with Gasteiger partial charge in [0.2, 0.25) is 5.91 Å². The Morgan fingerprint density at radius 2 is 1.47 bits per heavy atom. The monoisotopic (exact) mass is 472 g/mol. The Bertz CT molecular complexity index is 1600. The molecule has 0 saturated carbocycles. The summed E-state index contributed by atoms with van der Waals surface area (Å²) >= 11 is 0. The van der Waals surface area contributed by atoms with Crippen molar-refractivity contribution in [2.45, 2.75) is 32.6 Å². The number of hydrogen-bond acceptors (Lipinski definition) is 6. The van der Waals surface area contributed by atoms with Crippen LogP contribution < -0.4 is 5.32 Å². The first-order valence-corrected chi connectivity index (χ1v) is 12.1. The molecule has 1 aliphatic carbocycles. The molecule has 1 amide bonds. The predicted molar refractivity (Wildman–Crippen MR) is 140 cm³/mol. The Morgan fingerprint density at radius 3 is 2.28 bits per heavy atom. The Morgan fingerprint density at radius 1 is 0.750 bits per heavy atom. The minimum Gasteiger partial charge on any atom is -0.324 e. The van der Waals surface area contributed by atoms with Gasteiger partial charge >= 0.3 is 0 Å². The third kappa shape index (κ3) is 4.20. The number of nitrogens with one attached hydrogen (secondary N) is 1. The van der Waals surface area contributed by atoms with E-state index in [4.69, 9.17) is 15.0 Å². The van der Waals surface area contributed by atoms with Crippen molar-refractivity contribution in [3.05, 3.63) is 84.2 Å². The van der Waals surface area contributed by atoms with E-state index in [-0.39, 0.29) is 5.91 Å². The summed E-state index contributed by atoms with van der Waals surface area (Å²) in [5.74, 6) is 1.43. The normalized spacial score (nSPS) is 12.8. The molecule has 5 aromatic rings. The van der Waals surface area contributed by atoms with Gasteiger partial charge in [-0.05, 0) is 55.0 Å². The van der Waals surface area contributed by atoms with E-state index in [9.17, 15) is 4.79 Å². The van der Waals surface area contributed by atoms with Crippen molar-refractivity contribution in [2.24, 2.45) is 0 Å². The number of anilines is 1. The Hall–Kier alpha value is -4.52. The molecule has 7 nitrogen and oxygen atoms in total. The van der Waals surface area contributed by atoms with Crippen molar-refractivity contribution in [1.82, 2.24) is 24.9 Å². The molecule has 0 bridgehead atoms.